The average molecular weight is 400 g/mol. The second-order valence-electron chi connectivity index (χ2n) is 6.05. The van der Waals surface area contributed by atoms with Crippen LogP contribution in [0, 0.1) is 0 Å². The zero-order chi connectivity index (χ0) is 15.3. The Morgan fingerprint density at radius 1 is 0.579 bits per heavy atom. The zero-order valence-electron chi connectivity index (χ0n) is 12.3. The van der Waals surface area contributed by atoms with Gasteiger partial charge in [0.15, 0.2) is 0 Å². The Morgan fingerprint density at radius 3 is 1.11 bits per heavy atom. The van der Waals surface area contributed by atoms with E-state index in [1.165, 1.54) is 0 Å². The number of hydrogen-bond acceptors (Lipinski definition) is 4. The Morgan fingerprint density at radius 2 is 0.842 bits per heavy atom. The van der Waals surface area contributed by atoms with E-state index in [2.05, 4.69) is 0 Å². The topological polar surface area (TPSA) is 36.9 Å². The van der Waals surface area contributed by atoms with Crippen LogP contribution in [-0.2, 0) is 16.5 Å². The second kappa shape index (κ2) is 5.34. The van der Waals surface area contributed by atoms with Gasteiger partial charge in [-0.15, -0.1) is 0 Å². The molecule has 1 rings (SSSR count). The van der Waals surface area contributed by atoms with Crippen LogP contribution in [0.25, 0.3) is 0 Å². The molecule has 1 saturated heterocycles. The van der Waals surface area contributed by atoms with Gasteiger partial charge in [-0.2, -0.15) is 0 Å². The maximum Gasteiger partial charge on any atom is 0.371 e. The highest BCUT2D eigenvalue weighted by molar-refractivity contribution is 7.05. The summed E-state index contributed by atoms with van der Waals surface area (Å²) in [6, 6.07) is 0. The molecule has 0 atom stereocenters. The van der Waals surface area contributed by atoms with E-state index in [4.69, 9.17) is 51.3 Å². The highest BCUT2D eigenvalue weighted by Gasteiger charge is 2.61. The lowest BCUT2D eigenvalue weighted by atomic mass is 11.8. The third kappa shape index (κ3) is 5.06. The first-order chi connectivity index (χ1) is 8.08. The van der Waals surface area contributed by atoms with E-state index >= 15 is 0 Å². The minimum atomic E-state index is -3.06. The van der Waals surface area contributed by atoms with Crippen LogP contribution in [0.5, 0.6) is 0 Å². The van der Waals surface area contributed by atoms with Crippen LogP contribution < -0.4 is 0 Å². The van der Waals surface area contributed by atoms with Gasteiger partial charge in [-0.25, -0.2) is 0 Å². The van der Waals surface area contributed by atoms with Crippen molar-refractivity contribution in [3.63, 3.8) is 0 Å². The molecular weight excluding hydrogens is 379 g/mol. The van der Waals surface area contributed by atoms with E-state index in [-0.39, 0.29) is 0 Å². The molecule has 0 radical (unpaired) electrons. The highest BCUT2D eigenvalue weighted by Crippen LogP contribution is 2.43. The Labute approximate surface area is 134 Å². The molecule has 1 aliphatic rings. The van der Waals surface area contributed by atoms with Crippen molar-refractivity contribution in [3.05, 3.63) is 0 Å². The second-order valence-corrected chi connectivity index (χ2v) is 23.6. The van der Waals surface area contributed by atoms with Crippen molar-refractivity contribution in [2.75, 3.05) is 0 Å². The minimum Gasteiger partial charge on any atom is -0.416 e. The molecule has 19 heavy (non-hydrogen) atoms. The van der Waals surface area contributed by atoms with E-state index in [1.807, 2.05) is 39.3 Å². The van der Waals surface area contributed by atoms with Crippen LogP contribution in [0.1, 0.15) is 0 Å². The summed E-state index contributed by atoms with van der Waals surface area (Å²) in [7, 11) is -10.3. The fraction of sp³-hybridized carbons (Fsp3) is 1.00. The van der Waals surface area contributed by atoms with Crippen LogP contribution in [-0.4, -0.2) is 37.7 Å². The monoisotopic (exact) mass is 398 g/mol. The molecule has 0 aromatic heterocycles. The van der Waals surface area contributed by atoms with Crippen LogP contribution in [0.3, 0.4) is 0 Å². The van der Waals surface area contributed by atoms with Crippen LogP contribution in [0.2, 0.25) is 45.8 Å². The number of hydrogen-bond donors (Lipinski definition) is 0. The van der Waals surface area contributed by atoms with Gasteiger partial charge in [-0.3, -0.25) is 0 Å². The Bertz CT molecular complexity index is 336. The zero-order valence-corrected chi connectivity index (χ0v) is 18.5. The van der Waals surface area contributed by atoms with Gasteiger partial charge in [-0.1, -0.05) is 34.8 Å². The fourth-order valence-electron chi connectivity index (χ4n) is 2.32. The van der Waals surface area contributed by atoms with E-state index in [9.17, 15) is 0 Å². The number of rotatable bonds is 0. The highest BCUT2D eigenvalue weighted by atomic mass is 35.6. The first kappa shape index (κ1) is 18.6. The third-order valence-electron chi connectivity index (χ3n) is 2.38. The summed E-state index contributed by atoms with van der Waals surface area (Å²) in [5, 5.41) is 0. The molecule has 0 aromatic rings. The SMILES string of the molecule is C[Si]1(C)O[Si](C)(C)O[Si](C)(C(Cl)(Cl)Cl)O[Si](C)(C)O1. The summed E-state index contributed by atoms with van der Waals surface area (Å²) in [4.78, 5) is 0. The average Bonchev–Trinajstić information content (AvgIpc) is 1.89. The van der Waals surface area contributed by atoms with E-state index < -0.39 is 37.7 Å². The van der Waals surface area contributed by atoms with Crippen LogP contribution >= 0.6 is 34.8 Å². The first-order valence-corrected chi connectivity index (χ1v) is 17.8. The van der Waals surface area contributed by atoms with Crippen LogP contribution in [0.4, 0.5) is 0 Å². The van der Waals surface area contributed by atoms with Crippen molar-refractivity contribution in [2.45, 2.75) is 49.2 Å². The molecule has 0 aliphatic carbocycles. The predicted molar refractivity (Wildman–Crippen MR) is 88.7 cm³/mol. The minimum absolute atomic E-state index is 1.59. The molecule has 0 amide bonds. The Kier molecular flexibility index (Phi) is 5.23. The Balaban J connectivity index is 3.19. The molecule has 0 spiro atoms. The lowest BCUT2D eigenvalue weighted by Gasteiger charge is -2.49. The number of alkyl halides is 3. The summed E-state index contributed by atoms with van der Waals surface area (Å²) < 4.78 is 23.0. The van der Waals surface area contributed by atoms with Gasteiger partial charge in [0.1, 0.15) is 0 Å². The smallest absolute Gasteiger partial charge is 0.371 e. The molecule has 0 bridgehead atoms. The molecular formula is C8H21Cl3O4Si4. The molecule has 4 nitrogen and oxygen atoms in total. The predicted octanol–water partition coefficient (Wildman–Crippen LogP) is 4.15. The first-order valence-electron chi connectivity index (χ1n) is 5.95. The van der Waals surface area contributed by atoms with E-state index in [0.29, 0.717) is 0 Å². The maximum atomic E-state index is 6.14. The summed E-state index contributed by atoms with van der Waals surface area (Å²) >= 11 is 18.3. The van der Waals surface area contributed by atoms with Crippen molar-refractivity contribution >= 4 is 69.0 Å². The summed E-state index contributed by atoms with van der Waals surface area (Å²) in [5.74, 6) is 0. The largest absolute Gasteiger partial charge is 0.416 e. The molecule has 0 unspecified atom stereocenters. The summed E-state index contributed by atoms with van der Waals surface area (Å²) in [5.41, 5.74) is 0. The molecule has 1 heterocycles. The van der Waals surface area contributed by atoms with Crippen molar-refractivity contribution < 1.29 is 16.5 Å². The third-order valence-corrected chi connectivity index (χ3v) is 21.4. The van der Waals surface area contributed by atoms with Gasteiger partial charge in [-0.05, 0) is 45.8 Å². The van der Waals surface area contributed by atoms with Gasteiger partial charge in [0.2, 0.25) is 3.42 Å². The van der Waals surface area contributed by atoms with E-state index in [0.717, 1.165) is 0 Å². The normalized spacial score (nSPS) is 29.4. The van der Waals surface area contributed by atoms with Gasteiger partial charge in [0.05, 0.1) is 0 Å². The van der Waals surface area contributed by atoms with Crippen molar-refractivity contribution in [1.82, 2.24) is 0 Å². The molecule has 11 heteroatoms. The van der Waals surface area contributed by atoms with Crippen molar-refractivity contribution in [2.24, 2.45) is 0 Å². The number of halogens is 3. The van der Waals surface area contributed by atoms with Gasteiger partial charge >= 0.3 is 34.2 Å². The standard InChI is InChI=1S/C8H21Cl3O4Si4/c1-16(2)12-17(3,4)14-19(7,8(9,10)11)15-18(5,6)13-16/h1-7H3. The van der Waals surface area contributed by atoms with Crippen LogP contribution in [0.15, 0.2) is 0 Å². The fourth-order valence-corrected chi connectivity index (χ4v) is 24.5. The molecule has 114 valence electrons. The summed E-state index contributed by atoms with van der Waals surface area (Å²) in [6.45, 7) is 13.4. The van der Waals surface area contributed by atoms with Gasteiger partial charge < -0.3 is 16.5 Å². The van der Waals surface area contributed by atoms with E-state index in [1.54, 1.807) is 6.55 Å². The summed E-state index contributed by atoms with van der Waals surface area (Å²) in [6.07, 6.45) is 0. The van der Waals surface area contributed by atoms with Gasteiger partial charge in [0.25, 0.3) is 0 Å². The van der Waals surface area contributed by atoms with Crippen molar-refractivity contribution in [3.8, 4) is 0 Å². The van der Waals surface area contributed by atoms with Gasteiger partial charge in [0, 0.05) is 0 Å². The maximum absolute atomic E-state index is 6.14. The lowest BCUT2D eigenvalue weighted by Crippen LogP contribution is -2.69. The Hall–Kier alpha value is 1.58. The molecule has 0 aromatic carbocycles. The van der Waals surface area contributed by atoms with Crippen molar-refractivity contribution in [1.29, 1.82) is 0 Å². The lowest BCUT2D eigenvalue weighted by molar-refractivity contribution is 0.234. The quantitative estimate of drug-likeness (QED) is 0.453. The molecule has 1 fully saturated rings. The molecule has 0 N–H and O–H groups in total. The molecule has 0 saturated carbocycles. The molecule has 1 aliphatic heterocycles.